The van der Waals surface area contributed by atoms with Crippen molar-refractivity contribution in [3.8, 4) is 0 Å². The van der Waals surface area contributed by atoms with Crippen molar-refractivity contribution in [1.29, 1.82) is 0 Å². The maximum atomic E-state index is 14.2. The van der Waals surface area contributed by atoms with E-state index in [9.17, 15) is 22.4 Å². The summed E-state index contributed by atoms with van der Waals surface area (Å²) in [7, 11) is 0. The minimum Gasteiger partial charge on any atom is -0.378 e. The second kappa shape index (κ2) is 11.2. The average molecular weight is 548 g/mol. The first-order valence-electron chi connectivity index (χ1n) is 12.1. The fourth-order valence-corrected chi connectivity index (χ4v) is 4.17. The molecule has 39 heavy (non-hydrogen) atoms. The Morgan fingerprint density at radius 1 is 1.03 bits per heavy atom. The number of aromatic nitrogens is 3. The second-order valence-electron chi connectivity index (χ2n) is 8.74. The number of nitrogens with one attached hydrogen (secondary N) is 4. The summed E-state index contributed by atoms with van der Waals surface area (Å²) in [5.41, 5.74) is 7.79. The normalized spacial score (nSPS) is 15.8. The lowest BCUT2D eigenvalue weighted by molar-refractivity contribution is -0.137. The number of amides is 1. The summed E-state index contributed by atoms with van der Waals surface area (Å²) in [6.45, 7) is 2.95. The molecule has 0 bridgehead atoms. The van der Waals surface area contributed by atoms with Gasteiger partial charge >= 0.3 is 6.18 Å². The van der Waals surface area contributed by atoms with Crippen LogP contribution >= 0.6 is 0 Å². The van der Waals surface area contributed by atoms with Crippen LogP contribution in [0.2, 0.25) is 0 Å². The molecule has 3 aromatic rings. The van der Waals surface area contributed by atoms with Gasteiger partial charge in [0.1, 0.15) is 5.69 Å². The summed E-state index contributed by atoms with van der Waals surface area (Å²) >= 11 is 0. The molecule has 2 aliphatic rings. The van der Waals surface area contributed by atoms with E-state index in [1.54, 1.807) is 11.0 Å². The first-order valence-corrected chi connectivity index (χ1v) is 12.1. The average Bonchev–Trinajstić information content (AvgIpc) is 3.48. The third-order valence-electron chi connectivity index (χ3n) is 6.06. The SMILES string of the molecule is O=C(NNc1ncc(F)c(N2CCOCC2)n1)c1ccc(Nc2ccc(N3CCCN3)c(C(F)(F)F)c2)cn1. The van der Waals surface area contributed by atoms with Crippen molar-refractivity contribution in [3.63, 3.8) is 0 Å². The molecule has 1 amide bonds. The van der Waals surface area contributed by atoms with Gasteiger partial charge in [-0.05, 0) is 36.8 Å². The van der Waals surface area contributed by atoms with E-state index in [2.05, 4.69) is 36.5 Å². The molecule has 11 nitrogen and oxygen atoms in total. The molecule has 2 fully saturated rings. The number of anilines is 5. The van der Waals surface area contributed by atoms with Crippen molar-refractivity contribution in [2.75, 3.05) is 60.0 Å². The predicted molar refractivity (Wildman–Crippen MR) is 135 cm³/mol. The molecule has 206 valence electrons. The maximum Gasteiger partial charge on any atom is 0.418 e. The van der Waals surface area contributed by atoms with E-state index in [4.69, 9.17) is 4.74 Å². The van der Waals surface area contributed by atoms with E-state index < -0.39 is 23.5 Å². The minimum absolute atomic E-state index is 0.0161. The van der Waals surface area contributed by atoms with E-state index in [1.807, 2.05) is 0 Å². The molecule has 2 aliphatic heterocycles. The van der Waals surface area contributed by atoms with Gasteiger partial charge in [0.2, 0.25) is 5.95 Å². The molecular formula is C24H25F4N9O2. The molecule has 0 aliphatic carbocycles. The smallest absolute Gasteiger partial charge is 0.378 e. The zero-order chi connectivity index (χ0) is 27.4. The topological polar surface area (TPSA) is 120 Å². The Morgan fingerprint density at radius 2 is 1.82 bits per heavy atom. The van der Waals surface area contributed by atoms with Gasteiger partial charge in [0, 0.05) is 31.9 Å². The Morgan fingerprint density at radius 3 is 2.51 bits per heavy atom. The number of hydrazine groups is 2. The first-order chi connectivity index (χ1) is 18.8. The molecule has 0 atom stereocenters. The van der Waals surface area contributed by atoms with Crippen molar-refractivity contribution in [2.45, 2.75) is 12.6 Å². The molecule has 0 saturated carbocycles. The van der Waals surface area contributed by atoms with Crippen molar-refractivity contribution < 1.29 is 27.1 Å². The molecule has 1 aromatic carbocycles. The van der Waals surface area contributed by atoms with Gasteiger partial charge in [0.15, 0.2) is 11.6 Å². The number of alkyl halides is 3. The highest BCUT2D eigenvalue weighted by Gasteiger charge is 2.36. The van der Waals surface area contributed by atoms with Crippen LogP contribution in [0.5, 0.6) is 0 Å². The lowest BCUT2D eigenvalue weighted by atomic mass is 10.1. The number of rotatable bonds is 7. The number of halogens is 4. The van der Waals surface area contributed by atoms with E-state index in [0.29, 0.717) is 45.1 Å². The number of pyridine rings is 1. The summed E-state index contributed by atoms with van der Waals surface area (Å²) in [6.07, 6.45) is -1.46. The van der Waals surface area contributed by atoms with Crippen LogP contribution in [0.1, 0.15) is 22.5 Å². The Hall–Kier alpha value is -4.24. The lowest BCUT2D eigenvalue weighted by Crippen LogP contribution is -2.38. The molecule has 0 spiro atoms. The van der Waals surface area contributed by atoms with Gasteiger partial charge in [-0.15, -0.1) is 0 Å². The molecule has 2 saturated heterocycles. The van der Waals surface area contributed by atoms with Crippen LogP contribution in [0.15, 0.2) is 42.7 Å². The molecule has 5 rings (SSSR count). The molecule has 4 N–H and O–H groups in total. The molecular weight excluding hydrogens is 522 g/mol. The fourth-order valence-electron chi connectivity index (χ4n) is 4.17. The van der Waals surface area contributed by atoms with E-state index in [1.165, 1.54) is 29.4 Å². The van der Waals surface area contributed by atoms with Gasteiger partial charge in [-0.25, -0.2) is 19.8 Å². The van der Waals surface area contributed by atoms with Crippen LogP contribution in [0.4, 0.5) is 46.4 Å². The molecule has 0 unspecified atom stereocenters. The Labute approximate surface area is 220 Å². The number of carbonyl (C=O) groups excluding carboxylic acids is 1. The maximum absolute atomic E-state index is 14.2. The molecule has 0 radical (unpaired) electrons. The third-order valence-corrected chi connectivity index (χ3v) is 6.06. The van der Waals surface area contributed by atoms with Gasteiger partial charge in [0.05, 0.1) is 42.5 Å². The second-order valence-corrected chi connectivity index (χ2v) is 8.74. The monoisotopic (exact) mass is 547 g/mol. The predicted octanol–water partition coefficient (Wildman–Crippen LogP) is 3.08. The van der Waals surface area contributed by atoms with Gasteiger partial charge in [-0.2, -0.15) is 18.2 Å². The summed E-state index contributed by atoms with van der Waals surface area (Å²) < 4.78 is 60.6. The van der Waals surface area contributed by atoms with Crippen LogP contribution in [-0.4, -0.2) is 60.3 Å². The molecule has 2 aromatic heterocycles. The van der Waals surface area contributed by atoms with E-state index in [0.717, 1.165) is 18.7 Å². The van der Waals surface area contributed by atoms with E-state index in [-0.39, 0.29) is 28.8 Å². The summed E-state index contributed by atoms with van der Waals surface area (Å²) in [5.74, 6) is -1.14. The Kier molecular flexibility index (Phi) is 7.60. The number of hydrogen-bond acceptors (Lipinski definition) is 10. The summed E-state index contributed by atoms with van der Waals surface area (Å²) in [6, 6.07) is 6.90. The Balaban J connectivity index is 1.22. The van der Waals surface area contributed by atoms with Crippen LogP contribution in [0.3, 0.4) is 0 Å². The van der Waals surface area contributed by atoms with Crippen molar-refractivity contribution >= 4 is 34.7 Å². The third kappa shape index (κ3) is 6.26. The number of ether oxygens (including phenoxy) is 1. The molecule has 4 heterocycles. The lowest BCUT2D eigenvalue weighted by Gasteiger charge is -2.28. The van der Waals surface area contributed by atoms with Crippen LogP contribution in [0, 0.1) is 5.82 Å². The minimum atomic E-state index is -4.54. The van der Waals surface area contributed by atoms with Crippen molar-refractivity contribution in [3.05, 3.63) is 59.8 Å². The summed E-state index contributed by atoms with van der Waals surface area (Å²) in [4.78, 5) is 26.2. The van der Waals surface area contributed by atoms with Crippen molar-refractivity contribution in [2.24, 2.45) is 0 Å². The highest BCUT2D eigenvalue weighted by Crippen LogP contribution is 2.39. The summed E-state index contributed by atoms with van der Waals surface area (Å²) in [5, 5.41) is 4.38. The largest absolute Gasteiger partial charge is 0.418 e. The number of carbonyl (C=O) groups is 1. The Bertz CT molecular complexity index is 1310. The quantitative estimate of drug-likeness (QED) is 0.260. The molecule has 15 heteroatoms. The first kappa shape index (κ1) is 26.4. The van der Waals surface area contributed by atoms with Crippen LogP contribution in [-0.2, 0) is 10.9 Å². The number of hydrogen-bond donors (Lipinski definition) is 4. The van der Waals surface area contributed by atoms with Crippen molar-refractivity contribution in [1.82, 2.24) is 25.8 Å². The zero-order valence-corrected chi connectivity index (χ0v) is 20.6. The fraction of sp³-hybridized carbons (Fsp3) is 0.333. The number of nitrogens with zero attached hydrogens (tertiary/aromatic N) is 5. The number of benzene rings is 1. The highest BCUT2D eigenvalue weighted by atomic mass is 19.4. The van der Waals surface area contributed by atoms with Crippen LogP contribution in [0.25, 0.3) is 0 Å². The van der Waals surface area contributed by atoms with E-state index >= 15 is 0 Å². The van der Waals surface area contributed by atoms with Gasteiger partial charge in [0.25, 0.3) is 5.91 Å². The standard InChI is InChI=1S/C24H25F4N9O2/c25-18-14-30-23(33-21(18)36-8-10-39-11-9-36)35-34-22(38)19-4-2-16(13-29-19)32-15-3-5-20(37-7-1-6-31-37)17(12-15)24(26,27)28/h2-5,12-14,31-32H,1,6-11H2,(H,34,38)(H,30,33,35). The zero-order valence-electron chi connectivity index (χ0n) is 20.6. The van der Waals surface area contributed by atoms with Gasteiger partial charge in [-0.1, -0.05) is 0 Å². The van der Waals surface area contributed by atoms with Gasteiger partial charge in [-0.3, -0.25) is 15.6 Å². The highest BCUT2D eigenvalue weighted by molar-refractivity contribution is 5.93. The van der Waals surface area contributed by atoms with Crippen LogP contribution < -0.4 is 31.5 Å². The number of morpholine rings is 1. The van der Waals surface area contributed by atoms with Gasteiger partial charge < -0.3 is 20.0 Å².